The molecule has 1 saturated heterocycles. The van der Waals surface area contributed by atoms with Gasteiger partial charge >= 0.3 is 0 Å². The van der Waals surface area contributed by atoms with Gasteiger partial charge in [0.25, 0.3) is 0 Å². The monoisotopic (exact) mass is 310 g/mol. The number of piperidine rings is 1. The molecule has 0 radical (unpaired) electrons. The second-order valence-corrected chi connectivity index (χ2v) is 7.36. The van der Waals surface area contributed by atoms with Crippen LogP contribution in [0.4, 0.5) is 0 Å². The molecule has 1 aliphatic carbocycles. The van der Waals surface area contributed by atoms with Crippen molar-refractivity contribution in [2.45, 2.75) is 70.8 Å². The Hall–Kier alpha value is -0.610. The average Bonchev–Trinajstić information content (AvgIpc) is 2.54. The van der Waals surface area contributed by atoms with E-state index < -0.39 is 0 Å². The van der Waals surface area contributed by atoms with E-state index in [9.17, 15) is 9.90 Å². The van der Waals surface area contributed by atoms with Crippen LogP contribution in [-0.4, -0.2) is 48.2 Å². The molecule has 1 heterocycles. The van der Waals surface area contributed by atoms with Crippen LogP contribution in [0, 0.1) is 11.8 Å². The van der Waals surface area contributed by atoms with Gasteiger partial charge in [-0.2, -0.15) is 0 Å². The summed E-state index contributed by atoms with van der Waals surface area (Å²) in [6.45, 7) is 5.88. The first-order chi connectivity index (χ1) is 10.6. The minimum Gasteiger partial charge on any atom is -0.393 e. The molecule has 0 aromatic carbocycles. The summed E-state index contributed by atoms with van der Waals surface area (Å²) in [6.07, 6.45) is 10.5. The molecule has 2 rings (SSSR count). The Kier molecular flexibility index (Phi) is 7.67. The summed E-state index contributed by atoms with van der Waals surface area (Å²) < 4.78 is 0. The summed E-state index contributed by atoms with van der Waals surface area (Å²) in [6, 6.07) is 0. The van der Waals surface area contributed by atoms with Crippen molar-refractivity contribution in [3.8, 4) is 0 Å². The van der Waals surface area contributed by atoms with E-state index in [1.807, 2.05) is 0 Å². The fourth-order valence-electron chi connectivity index (χ4n) is 3.86. The maximum Gasteiger partial charge on any atom is 0.222 e. The lowest BCUT2D eigenvalue weighted by atomic mass is 9.83. The second kappa shape index (κ2) is 9.51. The molecule has 0 spiro atoms. The highest BCUT2D eigenvalue weighted by atomic mass is 16.3. The Labute approximate surface area is 135 Å². The summed E-state index contributed by atoms with van der Waals surface area (Å²) in [5, 5.41) is 12.6. The largest absolute Gasteiger partial charge is 0.393 e. The van der Waals surface area contributed by atoms with E-state index >= 15 is 0 Å². The molecule has 2 N–H and O–H groups in total. The third kappa shape index (κ3) is 6.25. The van der Waals surface area contributed by atoms with Gasteiger partial charge in [0.05, 0.1) is 6.10 Å². The topological polar surface area (TPSA) is 52.6 Å². The SMILES string of the molecule is CC(CC1CCCCC1)C(=O)NCCCN1CCC(O)CC1. The number of hydrogen-bond donors (Lipinski definition) is 2. The minimum absolute atomic E-state index is 0.100. The van der Waals surface area contributed by atoms with Gasteiger partial charge in [0, 0.05) is 25.6 Å². The Balaban J connectivity index is 1.53. The highest BCUT2D eigenvalue weighted by Crippen LogP contribution is 2.28. The van der Waals surface area contributed by atoms with Gasteiger partial charge in [0.15, 0.2) is 0 Å². The summed E-state index contributed by atoms with van der Waals surface area (Å²) in [5.74, 6) is 1.17. The van der Waals surface area contributed by atoms with Crippen molar-refractivity contribution in [1.82, 2.24) is 10.2 Å². The Morgan fingerprint density at radius 2 is 1.86 bits per heavy atom. The smallest absolute Gasteiger partial charge is 0.222 e. The molecule has 1 saturated carbocycles. The van der Waals surface area contributed by atoms with Crippen molar-refractivity contribution >= 4 is 5.91 Å². The number of aliphatic hydroxyl groups is 1. The number of amides is 1. The van der Waals surface area contributed by atoms with Crippen LogP contribution in [0.5, 0.6) is 0 Å². The van der Waals surface area contributed by atoms with Gasteiger partial charge in [-0.25, -0.2) is 0 Å². The van der Waals surface area contributed by atoms with Crippen molar-refractivity contribution < 1.29 is 9.90 Å². The first-order valence-corrected chi connectivity index (χ1v) is 9.33. The van der Waals surface area contributed by atoms with Crippen LogP contribution in [0.25, 0.3) is 0 Å². The molecular formula is C18H34N2O2. The summed E-state index contributed by atoms with van der Waals surface area (Å²) in [7, 11) is 0. The molecular weight excluding hydrogens is 276 g/mol. The molecule has 2 fully saturated rings. The molecule has 1 atom stereocenters. The van der Waals surface area contributed by atoms with E-state index in [4.69, 9.17) is 0 Å². The summed E-state index contributed by atoms with van der Waals surface area (Å²) in [5.41, 5.74) is 0. The number of nitrogens with one attached hydrogen (secondary N) is 1. The lowest BCUT2D eigenvalue weighted by Gasteiger charge is -2.29. The van der Waals surface area contributed by atoms with Crippen molar-refractivity contribution in [3.63, 3.8) is 0 Å². The van der Waals surface area contributed by atoms with Crippen LogP contribution in [0.15, 0.2) is 0 Å². The lowest BCUT2D eigenvalue weighted by Crippen LogP contribution is -2.38. The molecule has 4 heteroatoms. The first-order valence-electron chi connectivity index (χ1n) is 9.33. The Bertz CT molecular complexity index is 321. The van der Waals surface area contributed by atoms with Gasteiger partial charge in [-0.15, -0.1) is 0 Å². The fraction of sp³-hybridized carbons (Fsp3) is 0.944. The quantitative estimate of drug-likeness (QED) is 0.711. The molecule has 1 amide bonds. The maximum absolute atomic E-state index is 12.2. The number of hydrogen-bond acceptors (Lipinski definition) is 3. The molecule has 1 aliphatic heterocycles. The van der Waals surface area contributed by atoms with E-state index in [0.29, 0.717) is 0 Å². The Morgan fingerprint density at radius 1 is 1.18 bits per heavy atom. The standard InChI is InChI=1S/C18H34N2O2/c1-15(14-16-6-3-2-4-7-16)18(22)19-10-5-11-20-12-8-17(21)9-13-20/h15-17,21H,2-14H2,1H3,(H,19,22). The van der Waals surface area contributed by atoms with Crippen molar-refractivity contribution in [1.29, 1.82) is 0 Å². The lowest BCUT2D eigenvalue weighted by molar-refractivity contribution is -0.125. The van der Waals surface area contributed by atoms with Crippen LogP contribution in [0.2, 0.25) is 0 Å². The van der Waals surface area contributed by atoms with Gasteiger partial charge < -0.3 is 15.3 Å². The zero-order valence-electron chi connectivity index (χ0n) is 14.2. The predicted octanol–water partition coefficient (Wildman–Crippen LogP) is 2.56. The van der Waals surface area contributed by atoms with E-state index in [-0.39, 0.29) is 17.9 Å². The fourth-order valence-corrected chi connectivity index (χ4v) is 3.86. The van der Waals surface area contributed by atoms with Crippen LogP contribution >= 0.6 is 0 Å². The molecule has 0 aromatic heterocycles. The van der Waals surface area contributed by atoms with Gasteiger partial charge in [-0.05, 0) is 38.1 Å². The van der Waals surface area contributed by atoms with Gasteiger partial charge in [-0.1, -0.05) is 39.0 Å². The van der Waals surface area contributed by atoms with E-state index in [0.717, 1.165) is 57.8 Å². The third-order valence-corrected chi connectivity index (χ3v) is 5.37. The minimum atomic E-state index is -0.100. The Morgan fingerprint density at radius 3 is 2.55 bits per heavy atom. The van der Waals surface area contributed by atoms with Gasteiger partial charge in [0.1, 0.15) is 0 Å². The highest BCUT2D eigenvalue weighted by molar-refractivity contribution is 5.78. The summed E-state index contributed by atoms with van der Waals surface area (Å²) >= 11 is 0. The van der Waals surface area contributed by atoms with Crippen LogP contribution in [0.3, 0.4) is 0 Å². The van der Waals surface area contributed by atoms with Gasteiger partial charge in [0.2, 0.25) is 5.91 Å². The zero-order chi connectivity index (χ0) is 15.8. The molecule has 0 bridgehead atoms. The molecule has 4 nitrogen and oxygen atoms in total. The number of carbonyl (C=O) groups excluding carboxylic acids is 1. The zero-order valence-corrected chi connectivity index (χ0v) is 14.2. The number of aliphatic hydroxyl groups excluding tert-OH is 1. The normalized spacial score (nSPS) is 23.4. The van der Waals surface area contributed by atoms with Crippen LogP contribution in [-0.2, 0) is 4.79 Å². The van der Waals surface area contributed by atoms with E-state index in [2.05, 4.69) is 17.1 Å². The van der Waals surface area contributed by atoms with Gasteiger partial charge in [-0.3, -0.25) is 4.79 Å². The number of carbonyl (C=O) groups is 1. The highest BCUT2D eigenvalue weighted by Gasteiger charge is 2.21. The van der Waals surface area contributed by atoms with E-state index in [1.54, 1.807) is 0 Å². The van der Waals surface area contributed by atoms with Crippen molar-refractivity contribution in [2.75, 3.05) is 26.2 Å². The molecule has 2 aliphatic rings. The molecule has 128 valence electrons. The maximum atomic E-state index is 12.2. The number of likely N-dealkylation sites (tertiary alicyclic amines) is 1. The molecule has 0 aromatic rings. The van der Waals surface area contributed by atoms with Crippen LogP contribution < -0.4 is 5.32 Å². The summed E-state index contributed by atoms with van der Waals surface area (Å²) in [4.78, 5) is 14.5. The number of rotatable bonds is 7. The number of nitrogens with zero attached hydrogens (tertiary/aromatic N) is 1. The predicted molar refractivity (Wildman–Crippen MR) is 89.7 cm³/mol. The van der Waals surface area contributed by atoms with Crippen LogP contribution in [0.1, 0.15) is 64.7 Å². The van der Waals surface area contributed by atoms with E-state index in [1.165, 1.54) is 32.1 Å². The second-order valence-electron chi connectivity index (χ2n) is 7.36. The first kappa shape index (κ1) is 17.7. The average molecular weight is 310 g/mol. The van der Waals surface area contributed by atoms with Crippen molar-refractivity contribution in [2.24, 2.45) is 11.8 Å². The molecule has 1 unspecified atom stereocenters. The third-order valence-electron chi connectivity index (χ3n) is 5.37. The molecule has 22 heavy (non-hydrogen) atoms. The van der Waals surface area contributed by atoms with Crippen molar-refractivity contribution in [3.05, 3.63) is 0 Å².